The quantitative estimate of drug-likeness (QED) is 0.270. The molecule has 1 heterocycles. The van der Waals surface area contributed by atoms with Crippen LogP contribution < -0.4 is 9.79 Å². The molecule has 0 aromatic carbocycles. The molecular weight excluding hydrogens is 384 g/mol. The van der Waals surface area contributed by atoms with Gasteiger partial charge in [-0.15, -0.1) is 0 Å². The van der Waals surface area contributed by atoms with Crippen molar-refractivity contribution < 1.29 is 44.0 Å². The van der Waals surface area contributed by atoms with Gasteiger partial charge in [-0.3, -0.25) is 0 Å². The average molecular weight is 395 g/mol. The molecule has 0 saturated carbocycles. The van der Waals surface area contributed by atoms with Crippen LogP contribution in [-0.4, -0.2) is 107 Å². The Morgan fingerprint density at radius 2 is 1.82 bits per heavy atom. The molecule has 1 saturated heterocycles. The van der Waals surface area contributed by atoms with E-state index >= 15 is 0 Å². The second-order valence-electron chi connectivity index (χ2n) is 3.25. The van der Waals surface area contributed by atoms with Crippen molar-refractivity contribution in [2.45, 2.75) is 30.7 Å². The maximum absolute atomic E-state index is 10.3. The first-order valence-electron chi connectivity index (χ1n) is 4.27. The van der Waals surface area contributed by atoms with E-state index in [0.717, 1.165) is 0 Å². The van der Waals surface area contributed by atoms with Crippen LogP contribution >= 0.6 is 7.82 Å². The normalized spacial score (nSPS) is 35.4. The van der Waals surface area contributed by atoms with Crippen molar-refractivity contribution in [1.82, 2.24) is 0 Å². The van der Waals surface area contributed by atoms with Gasteiger partial charge in [-0.1, -0.05) is 0 Å². The zero-order valence-electron chi connectivity index (χ0n) is 8.58. The summed E-state index contributed by atoms with van der Waals surface area (Å²) in [6.45, 7) is -0.935. The Bertz CT molecular complexity index is 283. The SMILES string of the molecule is O=P([O-])([O-])O[C@H](CO)[C@H]1OC(O)[C@H](O)[C@H]1O.[Ba+2]. The molecule has 0 bridgehead atoms. The van der Waals surface area contributed by atoms with Crippen molar-refractivity contribution in [2.24, 2.45) is 0 Å². The van der Waals surface area contributed by atoms with Crippen LogP contribution in [-0.2, 0) is 13.8 Å². The molecule has 11 heteroatoms. The van der Waals surface area contributed by atoms with Gasteiger partial charge in [-0.05, 0) is 0 Å². The van der Waals surface area contributed by atoms with E-state index in [9.17, 15) is 19.5 Å². The Hall–Kier alpha value is 1.48. The van der Waals surface area contributed by atoms with Crippen LogP contribution in [0.15, 0.2) is 0 Å². The molecule has 1 fully saturated rings. The van der Waals surface area contributed by atoms with Crippen LogP contribution in [0, 0.1) is 0 Å². The van der Waals surface area contributed by atoms with Crippen LogP contribution in [0.2, 0.25) is 0 Å². The summed E-state index contributed by atoms with van der Waals surface area (Å²) in [5.41, 5.74) is 0. The van der Waals surface area contributed by atoms with Crippen molar-refractivity contribution >= 4 is 56.7 Å². The summed E-state index contributed by atoms with van der Waals surface area (Å²) in [6, 6.07) is 0. The van der Waals surface area contributed by atoms with Gasteiger partial charge in [-0.25, -0.2) is 0 Å². The van der Waals surface area contributed by atoms with Gasteiger partial charge in [0.2, 0.25) is 0 Å². The molecule has 0 aliphatic carbocycles. The summed E-state index contributed by atoms with van der Waals surface area (Å²) in [5.74, 6) is 0. The van der Waals surface area contributed by atoms with Gasteiger partial charge in [0.15, 0.2) is 6.29 Å². The molecule has 5 atom stereocenters. The van der Waals surface area contributed by atoms with Crippen molar-refractivity contribution in [1.29, 1.82) is 0 Å². The minimum absolute atomic E-state index is 0. The van der Waals surface area contributed by atoms with Crippen LogP contribution in [0.5, 0.6) is 0 Å². The van der Waals surface area contributed by atoms with Crippen LogP contribution in [0.1, 0.15) is 0 Å². The number of phosphoric ester groups is 1. The number of hydrogen-bond donors (Lipinski definition) is 4. The van der Waals surface area contributed by atoms with Crippen molar-refractivity contribution in [3.8, 4) is 0 Å². The van der Waals surface area contributed by atoms with Crippen molar-refractivity contribution in [2.75, 3.05) is 6.61 Å². The zero-order valence-corrected chi connectivity index (χ0v) is 13.9. The fraction of sp³-hybridized carbons (Fsp3) is 1.00. The van der Waals surface area contributed by atoms with Gasteiger partial charge in [0, 0.05) is 0 Å². The van der Waals surface area contributed by atoms with E-state index in [4.69, 9.17) is 15.3 Å². The summed E-state index contributed by atoms with van der Waals surface area (Å²) < 4.78 is 18.8. The Morgan fingerprint density at radius 3 is 2.12 bits per heavy atom. The van der Waals surface area contributed by atoms with Crippen molar-refractivity contribution in [3.05, 3.63) is 0 Å². The summed E-state index contributed by atoms with van der Waals surface area (Å²) in [4.78, 5) is 20.6. The number of aliphatic hydroxyl groups is 4. The van der Waals surface area contributed by atoms with Crippen LogP contribution in [0.3, 0.4) is 0 Å². The molecule has 9 nitrogen and oxygen atoms in total. The van der Waals surface area contributed by atoms with Crippen LogP contribution in [0.4, 0.5) is 0 Å². The third-order valence-corrected chi connectivity index (χ3v) is 2.62. The molecule has 1 aliphatic rings. The van der Waals surface area contributed by atoms with Crippen LogP contribution in [0.25, 0.3) is 0 Å². The predicted octanol–water partition coefficient (Wildman–Crippen LogP) is -4.75. The van der Waals surface area contributed by atoms with Gasteiger partial charge >= 0.3 is 48.9 Å². The topological polar surface area (TPSA) is 163 Å². The molecule has 1 unspecified atom stereocenters. The largest absolute Gasteiger partial charge is 2.00 e. The number of rotatable bonds is 4. The second-order valence-corrected chi connectivity index (χ2v) is 4.35. The summed E-state index contributed by atoms with van der Waals surface area (Å²) >= 11 is 0. The monoisotopic (exact) mass is 396 g/mol. The number of aliphatic hydroxyl groups excluding tert-OH is 4. The number of phosphoric acid groups is 1. The van der Waals surface area contributed by atoms with Gasteiger partial charge in [0.1, 0.15) is 24.4 Å². The molecule has 0 spiro atoms. The van der Waals surface area contributed by atoms with E-state index in [1.54, 1.807) is 0 Å². The predicted molar refractivity (Wildman–Crippen MR) is 48.2 cm³/mol. The summed E-state index contributed by atoms with van der Waals surface area (Å²) in [5, 5.41) is 36.1. The van der Waals surface area contributed by atoms with E-state index in [2.05, 4.69) is 9.26 Å². The fourth-order valence-corrected chi connectivity index (χ4v) is 1.87. The standard InChI is InChI=1S/C6H13O9P.Ba/c7-1-2(15-16(11,12)13)5-3(8)4(9)6(10)14-5;/h2-10H,1H2,(H2,11,12,13);/q;+2/p-2/t2-,3-,4-,5-,6?;/m1./s1. The zero-order chi connectivity index (χ0) is 12.5. The van der Waals surface area contributed by atoms with Gasteiger partial charge in [0.05, 0.1) is 14.4 Å². The maximum Gasteiger partial charge on any atom is 2.00 e. The molecule has 96 valence electrons. The number of hydrogen-bond acceptors (Lipinski definition) is 9. The maximum atomic E-state index is 10.3. The third kappa shape index (κ3) is 5.17. The first-order chi connectivity index (χ1) is 7.26. The van der Waals surface area contributed by atoms with Crippen molar-refractivity contribution in [3.63, 3.8) is 0 Å². The van der Waals surface area contributed by atoms with Gasteiger partial charge < -0.3 is 44.0 Å². The first kappa shape index (κ1) is 18.5. The minimum Gasteiger partial charge on any atom is -0.790 e. The van der Waals surface area contributed by atoms with E-state index in [1.165, 1.54) is 0 Å². The smallest absolute Gasteiger partial charge is 0.790 e. The molecule has 0 aromatic rings. The average Bonchev–Trinajstić information content (AvgIpc) is 2.41. The molecule has 1 rings (SSSR count). The Balaban J connectivity index is 0.00000256. The minimum atomic E-state index is -5.37. The molecule has 17 heavy (non-hydrogen) atoms. The first-order valence-corrected chi connectivity index (χ1v) is 5.73. The summed E-state index contributed by atoms with van der Waals surface area (Å²) in [7, 11) is -5.37. The molecule has 0 amide bonds. The Morgan fingerprint density at radius 1 is 1.29 bits per heavy atom. The molecule has 0 radical (unpaired) electrons. The molecule has 0 aromatic heterocycles. The van der Waals surface area contributed by atoms with E-state index < -0.39 is 45.1 Å². The molecule has 1 aliphatic heterocycles. The van der Waals surface area contributed by atoms with E-state index in [1.807, 2.05) is 0 Å². The third-order valence-electron chi connectivity index (χ3n) is 2.09. The summed E-state index contributed by atoms with van der Waals surface area (Å²) in [6.07, 6.45) is -8.26. The molecule has 4 N–H and O–H groups in total. The van der Waals surface area contributed by atoms with E-state index in [0.29, 0.717) is 0 Å². The Kier molecular flexibility index (Phi) is 7.95. The Labute approximate surface area is 137 Å². The van der Waals surface area contributed by atoms with Gasteiger partial charge in [-0.2, -0.15) is 0 Å². The second kappa shape index (κ2) is 7.31. The molecular formula is C6H11BaO9P. The van der Waals surface area contributed by atoms with E-state index in [-0.39, 0.29) is 48.9 Å². The number of ether oxygens (including phenoxy) is 1. The fourth-order valence-electron chi connectivity index (χ4n) is 1.36. The van der Waals surface area contributed by atoms with Gasteiger partial charge in [0.25, 0.3) is 0 Å².